The van der Waals surface area contributed by atoms with E-state index in [-0.39, 0.29) is 0 Å². The third-order valence-corrected chi connectivity index (χ3v) is 5.04. The van der Waals surface area contributed by atoms with Gasteiger partial charge in [0.05, 0.1) is 0 Å². The summed E-state index contributed by atoms with van der Waals surface area (Å²) in [5.41, 5.74) is 11.5. The standard InChI is InChI=1S/C17H30N2S/c1-12-9-14(3)16(10-13(12)2)17(11-18)19(5)15(4)7-8-20-6/h9-10,15,17H,7-8,11,18H2,1-6H3. The van der Waals surface area contributed by atoms with Gasteiger partial charge in [0, 0.05) is 18.6 Å². The molecule has 0 aliphatic carbocycles. The van der Waals surface area contributed by atoms with Crippen LogP contribution in [0.3, 0.4) is 0 Å². The van der Waals surface area contributed by atoms with Crippen molar-refractivity contribution in [3.05, 3.63) is 34.4 Å². The maximum absolute atomic E-state index is 6.08. The minimum absolute atomic E-state index is 0.311. The lowest BCUT2D eigenvalue weighted by atomic mass is 9.94. The van der Waals surface area contributed by atoms with Gasteiger partial charge in [-0.05, 0) is 75.4 Å². The number of aryl methyl sites for hydroxylation is 3. The summed E-state index contributed by atoms with van der Waals surface area (Å²) in [7, 11) is 2.21. The molecule has 0 fully saturated rings. The van der Waals surface area contributed by atoms with Crippen molar-refractivity contribution in [3.63, 3.8) is 0 Å². The van der Waals surface area contributed by atoms with E-state index in [1.165, 1.54) is 34.4 Å². The van der Waals surface area contributed by atoms with Gasteiger partial charge in [-0.25, -0.2) is 0 Å². The number of hydrogen-bond acceptors (Lipinski definition) is 3. The molecule has 0 heterocycles. The Hall–Kier alpha value is -0.510. The Morgan fingerprint density at radius 2 is 1.75 bits per heavy atom. The summed E-state index contributed by atoms with van der Waals surface area (Å²) in [6, 6.07) is 5.47. The lowest BCUT2D eigenvalue weighted by Crippen LogP contribution is -2.37. The number of rotatable bonds is 7. The van der Waals surface area contributed by atoms with Crippen molar-refractivity contribution in [1.29, 1.82) is 0 Å². The van der Waals surface area contributed by atoms with E-state index in [1.807, 2.05) is 11.8 Å². The highest BCUT2D eigenvalue weighted by Gasteiger charge is 2.21. The van der Waals surface area contributed by atoms with E-state index in [9.17, 15) is 0 Å². The molecule has 0 saturated carbocycles. The molecular formula is C17H30N2S. The second-order valence-electron chi connectivity index (χ2n) is 5.84. The van der Waals surface area contributed by atoms with E-state index >= 15 is 0 Å². The van der Waals surface area contributed by atoms with Crippen LogP contribution < -0.4 is 5.73 Å². The van der Waals surface area contributed by atoms with Crippen molar-refractivity contribution in [2.24, 2.45) is 5.73 Å². The van der Waals surface area contributed by atoms with Gasteiger partial charge < -0.3 is 5.73 Å². The van der Waals surface area contributed by atoms with Crippen molar-refractivity contribution in [3.8, 4) is 0 Å². The van der Waals surface area contributed by atoms with Crippen LogP contribution in [0, 0.1) is 20.8 Å². The molecule has 1 aromatic carbocycles. The Balaban J connectivity index is 2.98. The third-order valence-electron chi connectivity index (χ3n) is 4.39. The molecule has 2 nitrogen and oxygen atoms in total. The monoisotopic (exact) mass is 294 g/mol. The number of hydrogen-bond donors (Lipinski definition) is 1. The number of nitrogens with zero attached hydrogens (tertiary/aromatic N) is 1. The van der Waals surface area contributed by atoms with E-state index in [0.717, 1.165) is 0 Å². The Bertz CT molecular complexity index is 431. The molecule has 0 aliphatic rings. The number of nitrogens with two attached hydrogens (primary N) is 1. The Morgan fingerprint density at radius 1 is 1.15 bits per heavy atom. The summed E-state index contributed by atoms with van der Waals surface area (Å²) in [5, 5.41) is 0. The maximum atomic E-state index is 6.08. The second-order valence-corrected chi connectivity index (χ2v) is 6.83. The van der Waals surface area contributed by atoms with E-state index in [1.54, 1.807) is 0 Å². The van der Waals surface area contributed by atoms with Crippen LogP contribution >= 0.6 is 11.8 Å². The highest BCUT2D eigenvalue weighted by Crippen LogP contribution is 2.27. The SMILES string of the molecule is CSCCC(C)N(C)C(CN)c1cc(C)c(C)cc1C. The van der Waals surface area contributed by atoms with Gasteiger partial charge in [-0.1, -0.05) is 12.1 Å². The predicted molar refractivity (Wildman–Crippen MR) is 92.7 cm³/mol. The van der Waals surface area contributed by atoms with Gasteiger partial charge in [-0.2, -0.15) is 11.8 Å². The first-order chi connectivity index (χ1) is 9.42. The van der Waals surface area contributed by atoms with Gasteiger partial charge in [0.1, 0.15) is 0 Å². The second kappa shape index (κ2) is 8.06. The van der Waals surface area contributed by atoms with Crippen LogP contribution in [0.2, 0.25) is 0 Å². The fourth-order valence-electron chi connectivity index (χ4n) is 2.65. The molecule has 2 atom stereocenters. The summed E-state index contributed by atoms with van der Waals surface area (Å²) < 4.78 is 0. The first-order valence-electron chi connectivity index (χ1n) is 7.41. The molecule has 1 rings (SSSR count). The van der Waals surface area contributed by atoms with Crippen LogP contribution in [0.1, 0.15) is 41.6 Å². The molecule has 0 saturated heterocycles. The number of benzene rings is 1. The smallest absolute Gasteiger partial charge is 0.0472 e. The van der Waals surface area contributed by atoms with Crippen molar-refractivity contribution >= 4 is 11.8 Å². The summed E-state index contributed by atoms with van der Waals surface area (Å²) in [6.07, 6.45) is 3.37. The highest BCUT2D eigenvalue weighted by molar-refractivity contribution is 7.98. The van der Waals surface area contributed by atoms with Gasteiger partial charge in [0.25, 0.3) is 0 Å². The van der Waals surface area contributed by atoms with Crippen LogP contribution in [0.4, 0.5) is 0 Å². The number of thioether (sulfide) groups is 1. The highest BCUT2D eigenvalue weighted by atomic mass is 32.2. The van der Waals surface area contributed by atoms with Gasteiger partial charge >= 0.3 is 0 Å². The van der Waals surface area contributed by atoms with Gasteiger partial charge in [-0.15, -0.1) is 0 Å². The van der Waals surface area contributed by atoms with Gasteiger partial charge in [-0.3, -0.25) is 4.90 Å². The quantitative estimate of drug-likeness (QED) is 0.831. The minimum atomic E-state index is 0.311. The maximum Gasteiger partial charge on any atom is 0.0472 e. The summed E-state index contributed by atoms with van der Waals surface area (Å²) in [6.45, 7) is 9.53. The van der Waals surface area contributed by atoms with Gasteiger partial charge in [0.15, 0.2) is 0 Å². The van der Waals surface area contributed by atoms with Crippen LogP contribution in [0.5, 0.6) is 0 Å². The first-order valence-corrected chi connectivity index (χ1v) is 8.80. The summed E-state index contributed by atoms with van der Waals surface area (Å²) in [4.78, 5) is 2.44. The van der Waals surface area contributed by atoms with Crippen LogP contribution in [0.25, 0.3) is 0 Å². The molecule has 0 bridgehead atoms. The van der Waals surface area contributed by atoms with E-state index in [0.29, 0.717) is 18.6 Å². The van der Waals surface area contributed by atoms with Gasteiger partial charge in [0.2, 0.25) is 0 Å². The molecule has 3 heteroatoms. The Kier molecular flexibility index (Phi) is 7.07. The van der Waals surface area contributed by atoms with Crippen molar-refractivity contribution < 1.29 is 0 Å². The van der Waals surface area contributed by atoms with Crippen LogP contribution in [-0.4, -0.2) is 36.5 Å². The van der Waals surface area contributed by atoms with Crippen LogP contribution in [-0.2, 0) is 0 Å². The minimum Gasteiger partial charge on any atom is -0.329 e. The van der Waals surface area contributed by atoms with Crippen LogP contribution in [0.15, 0.2) is 12.1 Å². The zero-order chi connectivity index (χ0) is 15.3. The number of likely N-dealkylation sites (N-methyl/N-ethyl adjacent to an activating group) is 1. The molecule has 114 valence electrons. The van der Waals surface area contributed by atoms with Crippen molar-refractivity contribution in [1.82, 2.24) is 4.90 Å². The average molecular weight is 295 g/mol. The fraction of sp³-hybridized carbons (Fsp3) is 0.647. The molecule has 0 amide bonds. The van der Waals surface area contributed by atoms with Crippen molar-refractivity contribution in [2.75, 3.05) is 25.6 Å². The normalized spacial score (nSPS) is 14.6. The van der Waals surface area contributed by atoms with Crippen molar-refractivity contribution in [2.45, 2.75) is 46.2 Å². The predicted octanol–water partition coefficient (Wildman–Crippen LogP) is 3.69. The molecule has 2 unspecified atom stereocenters. The molecule has 0 aromatic heterocycles. The van der Waals surface area contributed by atoms with E-state index in [2.05, 4.69) is 58.0 Å². The summed E-state index contributed by atoms with van der Waals surface area (Å²) in [5.74, 6) is 1.20. The molecule has 20 heavy (non-hydrogen) atoms. The van der Waals surface area contributed by atoms with E-state index < -0.39 is 0 Å². The lowest BCUT2D eigenvalue weighted by molar-refractivity contribution is 0.185. The molecular weight excluding hydrogens is 264 g/mol. The molecule has 0 spiro atoms. The molecule has 2 N–H and O–H groups in total. The van der Waals surface area contributed by atoms with E-state index in [4.69, 9.17) is 5.73 Å². The largest absolute Gasteiger partial charge is 0.329 e. The topological polar surface area (TPSA) is 29.3 Å². The lowest BCUT2D eigenvalue weighted by Gasteiger charge is -2.34. The molecule has 0 aliphatic heterocycles. The average Bonchev–Trinajstić information content (AvgIpc) is 2.42. The Labute approximate surface area is 129 Å². The molecule has 1 aromatic rings. The zero-order valence-corrected chi connectivity index (χ0v) is 14.7. The first kappa shape index (κ1) is 17.5. The zero-order valence-electron chi connectivity index (χ0n) is 13.9. The Morgan fingerprint density at radius 3 is 2.30 bits per heavy atom. The molecule has 0 radical (unpaired) electrons. The summed E-state index contributed by atoms with van der Waals surface area (Å²) >= 11 is 1.91. The third kappa shape index (κ3) is 4.24. The fourth-order valence-corrected chi connectivity index (χ4v) is 3.23.